The Bertz CT molecular complexity index is 757. The minimum atomic E-state index is -1.03. The molecule has 0 aliphatic heterocycles. The molecule has 0 saturated heterocycles. The first kappa shape index (κ1) is 17.3. The number of carbonyl (C=O) groups is 2. The zero-order valence-corrected chi connectivity index (χ0v) is 13.7. The summed E-state index contributed by atoms with van der Waals surface area (Å²) in [6.45, 7) is 3.32. The van der Waals surface area contributed by atoms with Crippen LogP contribution in [0.4, 0.5) is 5.69 Å². The van der Waals surface area contributed by atoms with Crippen molar-refractivity contribution >= 4 is 17.6 Å². The first-order valence-corrected chi connectivity index (χ1v) is 7.37. The number of phenolic OH excluding ortho intramolecular Hbond substituents is 1. The van der Waals surface area contributed by atoms with E-state index in [9.17, 15) is 14.7 Å². The van der Waals surface area contributed by atoms with Crippen LogP contribution in [0, 0.1) is 6.92 Å². The largest absolute Gasteiger partial charge is 0.507 e. The van der Waals surface area contributed by atoms with E-state index in [-0.39, 0.29) is 11.3 Å². The smallest absolute Gasteiger partial charge is 0.342 e. The average Bonchev–Trinajstić information content (AvgIpc) is 2.57. The Hall–Kier alpha value is -3.02. The molecule has 2 aromatic rings. The summed E-state index contributed by atoms with van der Waals surface area (Å²) in [4.78, 5) is 24.3. The molecule has 0 fully saturated rings. The van der Waals surface area contributed by atoms with E-state index < -0.39 is 18.0 Å². The van der Waals surface area contributed by atoms with Crippen molar-refractivity contribution in [3.8, 4) is 11.5 Å². The molecule has 0 aliphatic rings. The Morgan fingerprint density at radius 3 is 2.54 bits per heavy atom. The van der Waals surface area contributed by atoms with Gasteiger partial charge in [-0.1, -0.05) is 18.2 Å². The number of aromatic hydroxyl groups is 1. The molecule has 1 amide bonds. The Kier molecular flexibility index (Phi) is 5.42. The maximum absolute atomic E-state index is 12.2. The molecule has 0 bridgehead atoms. The number of benzene rings is 2. The number of hydrogen-bond donors (Lipinski definition) is 2. The molecule has 24 heavy (non-hydrogen) atoms. The summed E-state index contributed by atoms with van der Waals surface area (Å²) < 4.78 is 10.1. The highest BCUT2D eigenvalue weighted by molar-refractivity contribution is 5.98. The van der Waals surface area contributed by atoms with Crippen LogP contribution in [0.25, 0.3) is 0 Å². The van der Waals surface area contributed by atoms with Gasteiger partial charge in [0.15, 0.2) is 6.10 Å². The summed E-state index contributed by atoms with van der Waals surface area (Å²) in [5.41, 5.74) is 1.48. The molecule has 0 aliphatic carbocycles. The summed E-state index contributed by atoms with van der Waals surface area (Å²) in [5.74, 6) is -1.11. The third kappa shape index (κ3) is 4.04. The Balaban J connectivity index is 2.06. The number of rotatable bonds is 5. The number of anilines is 1. The van der Waals surface area contributed by atoms with Crippen LogP contribution >= 0.6 is 0 Å². The van der Waals surface area contributed by atoms with Gasteiger partial charge in [-0.2, -0.15) is 0 Å². The molecule has 0 saturated carbocycles. The number of ether oxygens (including phenoxy) is 2. The topological polar surface area (TPSA) is 84.9 Å². The maximum atomic E-state index is 12.2. The van der Waals surface area contributed by atoms with E-state index in [1.807, 2.05) is 19.1 Å². The lowest BCUT2D eigenvalue weighted by Crippen LogP contribution is -2.30. The van der Waals surface area contributed by atoms with Crippen molar-refractivity contribution in [3.05, 3.63) is 53.6 Å². The zero-order chi connectivity index (χ0) is 17.7. The quantitative estimate of drug-likeness (QED) is 0.824. The number of phenols is 1. The molecule has 2 aromatic carbocycles. The molecule has 6 nitrogen and oxygen atoms in total. The Labute approximate surface area is 140 Å². The molecule has 1 atom stereocenters. The number of aryl methyl sites for hydroxylation is 1. The fourth-order valence-corrected chi connectivity index (χ4v) is 2.03. The SMILES string of the molecule is COc1ccc(O)c(C(=O)O[C@@H](C)C(=O)Nc2ccccc2C)c1. The van der Waals surface area contributed by atoms with Gasteiger partial charge >= 0.3 is 5.97 Å². The molecule has 2 rings (SSSR count). The summed E-state index contributed by atoms with van der Waals surface area (Å²) in [6.07, 6.45) is -1.03. The second-order valence-electron chi connectivity index (χ2n) is 5.23. The minimum Gasteiger partial charge on any atom is -0.507 e. The fraction of sp³-hybridized carbons (Fsp3) is 0.222. The summed E-state index contributed by atoms with van der Waals surface area (Å²) >= 11 is 0. The van der Waals surface area contributed by atoms with Gasteiger partial charge in [0.1, 0.15) is 17.1 Å². The predicted molar refractivity (Wildman–Crippen MR) is 89.3 cm³/mol. The van der Waals surface area contributed by atoms with Gasteiger partial charge in [0.2, 0.25) is 0 Å². The molecule has 6 heteroatoms. The van der Waals surface area contributed by atoms with E-state index >= 15 is 0 Å². The molecule has 2 N–H and O–H groups in total. The molecule has 0 spiro atoms. The van der Waals surface area contributed by atoms with E-state index in [4.69, 9.17) is 9.47 Å². The third-order valence-corrected chi connectivity index (χ3v) is 3.48. The number of esters is 1. The molecule has 0 aromatic heterocycles. The van der Waals surface area contributed by atoms with Gasteiger partial charge in [-0.3, -0.25) is 4.79 Å². The molecular formula is C18H19NO5. The molecular weight excluding hydrogens is 310 g/mol. The number of carbonyl (C=O) groups excluding carboxylic acids is 2. The monoisotopic (exact) mass is 329 g/mol. The van der Waals surface area contributed by atoms with Crippen molar-refractivity contribution in [1.29, 1.82) is 0 Å². The van der Waals surface area contributed by atoms with Crippen molar-refractivity contribution in [1.82, 2.24) is 0 Å². The highest BCUT2D eigenvalue weighted by atomic mass is 16.5. The van der Waals surface area contributed by atoms with Crippen molar-refractivity contribution in [3.63, 3.8) is 0 Å². The number of nitrogens with one attached hydrogen (secondary N) is 1. The van der Waals surface area contributed by atoms with Gasteiger partial charge in [0, 0.05) is 5.69 Å². The van der Waals surface area contributed by atoms with E-state index in [0.717, 1.165) is 5.56 Å². The number of para-hydroxylation sites is 1. The van der Waals surface area contributed by atoms with E-state index in [1.54, 1.807) is 12.1 Å². The summed E-state index contributed by atoms with van der Waals surface area (Å²) in [5, 5.41) is 12.5. The van der Waals surface area contributed by atoms with Crippen LogP contribution < -0.4 is 10.1 Å². The highest BCUT2D eigenvalue weighted by Gasteiger charge is 2.22. The van der Waals surface area contributed by atoms with Gasteiger partial charge in [0.05, 0.1) is 7.11 Å². The van der Waals surface area contributed by atoms with Gasteiger partial charge < -0.3 is 19.9 Å². The van der Waals surface area contributed by atoms with Crippen LogP contribution in [0.15, 0.2) is 42.5 Å². The number of amides is 1. The van der Waals surface area contributed by atoms with Crippen molar-refractivity contribution in [2.24, 2.45) is 0 Å². The molecule has 126 valence electrons. The standard InChI is InChI=1S/C18H19NO5/c1-11-6-4-5-7-15(11)19-17(21)12(2)24-18(22)14-10-13(23-3)8-9-16(14)20/h4-10,12,20H,1-3H3,(H,19,21)/t12-/m0/s1. The van der Waals surface area contributed by atoms with Crippen molar-refractivity contribution < 1.29 is 24.2 Å². The van der Waals surface area contributed by atoms with E-state index in [1.165, 1.54) is 32.2 Å². The van der Waals surface area contributed by atoms with Crippen LogP contribution in [0.5, 0.6) is 11.5 Å². The molecule has 0 heterocycles. The van der Waals surface area contributed by atoms with Crippen molar-refractivity contribution in [2.45, 2.75) is 20.0 Å². The number of hydrogen-bond acceptors (Lipinski definition) is 5. The fourth-order valence-electron chi connectivity index (χ4n) is 2.03. The lowest BCUT2D eigenvalue weighted by atomic mass is 10.2. The molecule has 0 radical (unpaired) electrons. The summed E-state index contributed by atoms with van der Waals surface area (Å²) in [7, 11) is 1.44. The molecule has 0 unspecified atom stereocenters. The summed E-state index contributed by atoms with van der Waals surface area (Å²) in [6, 6.07) is 11.5. The van der Waals surface area contributed by atoms with Gasteiger partial charge in [-0.15, -0.1) is 0 Å². The van der Waals surface area contributed by atoms with Crippen LogP contribution in [-0.4, -0.2) is 30.2 Å². The minimum absolute atomic E-state index is 0.0649. The van der Waals surface area contributed by atoms with E-state index in [2.05, 4.69) is 5.32 Å². The lowest BCUT2D eigenvalue weighted by molar-refractivity contribution is -0.123. The second kappa shape index (κ2) is 7.50. The van der Waals surface area contributed by atoms with E-state index in [0.29, 0.717) is 11.4 Å². The zero-order valence-electron chi connectivity index (χ0n) is 13.7. The normalized spacial score (nSPS) is 11.5. The lowest BCUT2D eigenvalue weighted by Gasteiger charge is -2.15. The predicted octanol–water partition coefficient (Wildman–Crippen LogP) is 2.89. The first-order chi connectivity index (χ1) is 11.4. The van der Waals surface area contributed by atoms with Crippen LogP contribution in [-0.2, 0) is 9.53 Å². The van der Waals surface area contributed by atoms with Crippen LogP contribution in [0.3, 0.4) is 0 Å². The first-order valence-electron chi connectivity index (χ1n) is 7.37. The van der Waals surface area contributed by atoms with Gasteiger partial charge in [-0.25, -0.2) is 4.79 Å². The van der Waals surface area contributed by atoms with Gasteiger partial charge in [-0.05, 0) is 43.7 Å². The Morgan fingerprint density at radius 2 is 1.88 bits per heavy atom. The van der Waals surface area contributed by atoms with Crippen LogP contribution in [0.2, 0.25) is 0 Å². The third-order valence-electron chi connectivity index (χ3n) is 3.48. The maximum Gasteiger partial charge on any atom is 0.342 e. The van der Waals surface area contributed by atoms with Crippen molar-refractivity contribution in [2.75, 3.05) is 12.4 Å². The average molecular weight is 329 g/mol. The Morgan fingerprint density at radius 1 is 1.17 bits per heavy atom. The van der Waals surface area contributed by atoms with Gasteiger partial charge in [0.25, 0.3) is 5.91 Å². The highest BCUT2D eigenvalue weighted by Crippen LogP contribution is 2.24. The second-order valence-corrected chi connectivity index (χ2v) is 5.23. The van der Waals surface area contributed by atoms with Crippen LogP contribution in [0.1, 0.15) is 22.8 Å². The number of methoxy groups -OCH3 is 1.